The highest BCUT2D eigenvalue weighted by Gasteiger charge is 2.37. The number of rotatable bonds is 10. The van der Waals surface area contributed by atoms with E-state index >= 15 is 0 Å². The number of hydrogen-bond acceptors (Lipinski definition) is 5. The Bertz CT molecular complexity index is 1070. The van der Waals surface area contributed by atoms with E-state index in [-0.39, 0.29) is 24.0 Å². The molecule has 184 valence electrons. The molecule has 35 heavy (non-hydrogen) atoms. The zero-order chi connectivity index (χ0) is 25.2. The Morgan fingerprint density at radius 3 is 2.43 bits per heavy atom. The number of nitrogens with two attached hydrogens (primary N) is 1. The highest BCUT2D eigenvalue weighted by molar-refractivity contribution is 5.98. The number of carbonyl (C=O) groups is 4. The second-order valence-electron chi connectivity index (χ2n) is 8.38. The lowest BCUT2D eigenvalue weighted by Crippen LogP contribution is -2.54. The molecule has 1 heterocycles. The average molecular weight is 479 g/mol. The molecule has 9 heteroatoms. The summed E-state index contributed by atoms with van der Waals surface area (Å²) in [5, 5.41) is 14.9. The van der Waals surface area contributed by atoms with Crippen LogP contribution < -0.4 is 16.4 Å². The molecule has 9 nitrogen and oxygen atoms in total. The maximum Gasteiger partial charge on any atom is 0.246 e. The van der Waals surface area contributed by atoms with E-state index in [9.17, 15) is 24.3 Å². The Labute approximate surface area is 204 Å². The van der Waals surface area contributed by atoms with Gasteiger partial charge in [0.05, 0.1) is 0 Å². The summed E-state index contributed by atoms with van der Waals surface area (Å²) in [5.41, 5.74) is 6.87. The summed E-state index contributed by atoms with van der Waals surface area (Å²) in [6.07, 6.45) is 3.96. The first-order chi connectivity index (χ1) is 16.8. The van der Waals surface area contributed by atoms with E-state index in [1.54, 1.807) is 24.3 Å². The number of phenolic OH excluding ortho intramolecular Hbond substituents is 1. The van der Waals surface area contributed by atoms with Crippen LogP contribution in [0.25, 0.3) is 0 Å². The first-order valence-corrected chi connectivity index (χ1v) is 11.5. The summed E-state index contributed by atoms with van der Waals surface area (Å²) >= 11 is 0. The van der Waals surface area contributed by atoms with Gasteiger partial charge in [0.2, 0.25) is 23.6 Å². The topological polar surface area (TPSA) is 142 Å². The second kappa shape index (κ2) is 12.4. The SMILES string of the molecule is NC(=O)/C=C/C(=O)N[C@@H](Cc1ccccc1)C(=O)N1CCC[C@H]1C(=O)NCCc1ccc(O)cc1. The monoisotopic (exact) mass is 478 g/mol. The van der Waals surface area contributed by atoms with Crippen LogP contribution >= 0.6 is 0 Å². The molecular weight excluding hydrogens is 448 g/mol. The van der Waals surface area contributed by atoms with Crippen LogP contribution in [0.3, 0.4) is 0 Å². The number of carbonyl (C=O) groups excluding carboxylic acids is 4. The summed E-state index contributed by atoms with van der Waals surface area (Å²) in [6.45, 7) is 0.803. The van der Waals surface area contributed by atoms with Crippen molar-refractivity contribution in [2.75, 3.05) is 13.1 Å². The van der Waals surface area contributed by atoms with E-state index in [2.05, 4.69) is 10.6 Å². The fraction of sp³-hybridized carbons (Fsp3) is 0.308. The quantitative estimate of drug-likeness (QED) is 0.374. The molecule has 1 saturated heterocycles. The van der Waals surface area contributed by atoms with Crippen molar-refractivity contribution in [3.05, 3.63) is 77.9 Å². The third-order valence-electron chi connectivity index (χ3n) is 5.78. The number of primary amides is 1. The van der Waals surface area contributed by atoms with E-state index in [0.29, 0.717) is 32.4 Å². The van der Waals surface area contributed by atoms with Crippen LogP contribution in [-0.2, 0) is 32.0 Å². The normalized spacial score (nSPS) is 16.1. The maximum atomic E-state index is 13.5. The van der Waals surface area contributed by atoms with Gasteiger partial charge in [0.15, 0.2) is 0 Å². The van der Waals surface area contributed by atoms with Gasteiger partial charge in [-0.1, -0.05) is 42.5 Å². The largest absolute Gasteiger partial charge is 0.508 e. The fourth-order valence-electron chi connectivity index (χ4n) is 4.04. The molecule has 3 rings (SSSR count). The number of amides is 4. The molecule has 1 fully saturated rings. The Kier molecular flexibility index (Phi) is 9.00. The lowest BCUT2D eigenvalue weighted by atomic mass is 10.0. The van der Waals surface area contributed by atoms with Gasteiger partial charge in [-0.15, -0.1) is 0 Å². The molecule has 0 spiro atoms. The molecule has 2 aromatic carbocycles. The molecule has 4 amide bonds. The predicted molar refractivity (Wildman–Crippen MR) is 130 cm³/mol. The Hall–Kier alpha value is -4.14. The molecule has 0 saturated carbocycles. The molecule has 0 aliphatic carbocycles. The van der Waals surface area contributed by atoms with Gasteiger partial charge in [0, 0.05) is 31.7 Å². The van der Waals surface area contributed by atoms with Crippen molar-refractivity contribution in [3.63, 3.8) is 0 Å². The van der Waals surface area contributed by atoms with Gasteiger partial charge in [-0.2, -0.15) is 0 Å². The molecule has 2 aromatic rings. The minimum absolute atomic E-state index is 0.181. The molecule has 0 unspecified atom stereocenters. The maximum absolute atomic E-state index is 13.5. The van der Waals surface area contributed by atoms with Crippen LogP contribution in [0.15, 0.2) is 66.7 Å². The fourth-order valence-corrected chi connectivity index (χ4v) is 4.04. The van der Waals surface area contributed by atoms with E-state index in [1.165, 1.54) is 4.90 Å². The van der Waals surface area contributed by atoms with Crippen molar-refractivity contribution < 1.29 is 24.3 Å². The van der Waals surface area contributed by atoms with Crippen molar-refractivity contribution in [1.82, 2.24) is 15.5 Å². The second-order valence-corrected chi connectivity index (χ2v) is 8.38. The van der Waals surface area contributed by atoms with Gasteiger partial charge in [-0.25, -0.2) is 0 Å². The number of aromatic hydroxyl groups is 1. The Balaban J connectivity index is 1.66. The molecule has 0 bridgehead atoms. The van der Waals surface area contributed by atoms with Crippen molar-refractivity contribution in [1.29, 1.82) is 0 Å². The smallest absolute Gasteiger partial charge is 0.246 e. The predicted octanol–water partition coefficient (Wildman–Crippen LogP) is 0.811. The Morgan fingerprint density at radius 2 is 1.74 bits per heavy atom. The number of likely N-dealkylation sites (tertiary alicyclic amines) is 1. The van der Waals surface area contributed by atoms with Gasteiger partial charge >= 0.3 is 0 Å². The van der Waals surface area contributed by atoms with E-state index in [1.807, 2.05) is 30.3 Å². The Morgan fingerprint density at radius 1 is 1.03 bits per heavy atom. The van der Waals surface area contributed by atoms with Gasteiger partial charge < -0.3 is 26.4 Å². The third kappa shape index (κ3) is 7.70. The van der Waals surface area contributed by atoms with Gasteiger partial charge in [-0.3, -0.25) is 19.2 Å². The summed E-state index contributed by atoms with van der Waals surface area (Å²) in [7, 11) is 0. The summed E-state index contributed by atoms with van der Waals surface area (Å²) in [4.78, 5) is 51.1. The van der Waals surface area contributed by atoms with Crippen LogP contribution in [0.1, 0.15) is 24.0 Å². The van der Waals surface area contributed by atoms with Crippen molar-refractivity contribution in [2.45, 2.75) is 37.8 Å². The van der Waals surface area contributed by atoms with Crippen LogP contribution in [-0.4, -0.2) is 58.8 Å². The van der Waals surface area contributed by atoms with Crippen LogP contribution in [0, 0.1) is 0 Å². The zero-order valence-electron chi connectivity index (χ0n) is 19.4. The molecular formula is C26H30N4O5. The lowest BCUT2D eigenvalue weighted by molar-refractivity contribution is -0.141. The molecule has 0 radical (unpaired) electrons. The number of phenols is 1. The molecule has 0 aromatic heterocycles. The van der Waals surface area contributed by atoms with E-state index in [4.69, 9.17) is 5.73 Å². The number of nitrogens with zero attached hydrogens (tertiary/aromatic N) is 1. The standard InChI is InChI=1S/C26H30N4O5/c27-23(32)12-13-24(33)29-21(17-19-5-2-1-3-6-19)26(35)30-16-4-7-22(30)25(34)28-15-14-18-8-10-20(31)11-9-18/h1-3,5-6,8-13,21-22,31H,4,7,14-17H2,(H2,27,32)(H,28,34)(H,29,33)/b13-12+/t21-,22-/m0/s1. The highest BCUT2D eigenvalue weighted by Crippen LogP contribution is 2.20. The highest BCUT2D eigenvalue weighted by atomic mass is 16.3. The first kappa shape index (κ1) is 25.5. The van der Waals surface area contributed by atoms with E-state index < -0.39 is 23.9 Å². The third-order valence-corrected chi connectivity index (χ3v) is 5.78. The first-order valence-electron chi connectivity index (χ1n) is 11.5. The minimum atomic E-state index is -0.909. The van der Waals surface area contributed by atoms with Crippen molar-refractivity contribution >= 4 is 23.6 Å². The van der Waals surface area contributed by atoms with E-state index in [0.717, 1.165) is 23.3 Å². The minimum Gasteiger partial charge on any atom is -0.508 e. The summed E-state index contributed by atoms with van der Waals surface area (Å²) in [6, 6.07) is 14.5. The van der Waals surface area contributed by atoms with Crippen LogP contribution in [0.2, 0.25) is 0 Å². The summed E-state index contributed by atoms with van der Waals surface area (Å²) in [5.74, 6) is -1.80. The molecule has 5 N–H and O–H groups in total. The zero-order valence-corrected chi connectivity index (χ0v) is 19.4. The van der Waals surface area contributed by atoms with Crippen LogP contribution in [0.4, 0.5) is 0 Å². The molecule has 1 aliphatic heterocycles. The number of nitrogens with one attached hydrogen (secondary N) is 2. The molecule has 2 atom stereocenters. The van der Waals surface area contributed by atoms with Gasteiger partial charge in [-0.05, 0) is 42.5 Å². The number of hydrogen-bond donors (Lipinski definition) is 4. The van der Waals surface area contributed by atoms with Crippen LogP contribution in [0.5, 0.6) is 5.75 Å². The van der Waals surface area contributed by atoms with Crippen molar-refractivity contribution in [3.8, 4) is 5.75 Å². The van der Waals surface area contributed by atoms with Crippen molar-refractivity contribution in [2.24, 2.45) is 5.73 Å². The summed E-state index contributed by atoms with van der Waals surface area (Å²) < 4.78 is 0. The average Bonchev–Trinajstić information content (AvgIpc) is 3.34. The van der Waals surface area contributed by atoms with Gasteiger partial charge in [0.1, 0.15) is 17.8 Å². The lowest BCUT2D eigenvalue weighted by Gasteiger charge is -2.28. The number of benzene rings is 2. The molecule has 1 aliphatic rings. The van der Waals surface area contributed by atoms with Gasteiger partial charge in [0.25, 0.3) is 0 Å².